The van der Waals surface area contributed by atoms with Gasteiger partial charge in [0.1, 0.15) is 12.3 Å². The Hall–Kier alpha value is -1.42. The number of rotatable bonds is 3. The highest BCUT2D eigenvalue weighted by Crippen LogP contribution is 2.07. The van der Waals surface area contributed by atoms with Gasteiger partial charge in [0.15, 0.2) is 0 Å². The summed E-state index contributed by atoms with van der Waals surface area (Å²) in [6.45, 7) is -0.436. The molecule has 1 rings (SSSR count). The lowest BCUT2D eigenvalue weighted by Gasteiger charge is -2.00. The number of nitrogens with one attached hydrogen (secondary N) is 1. The zero-order valence-electron chi connectivity index (χ0n) is 6.29. The first-order valence-corrected chi connectivity index (χ1v) is 3.42. The van der Waals surface area contributed by atoms with Gasteiger partial charge in [-0.2, -0.15) is 0 Å². The molecule has 0 saturated heterocycles. The molecule has 0 saturated carbocycles. The van der Waals surface area contributed by atoms with Gasteiger partial charge in [-0.05, 0) is 12.1 Å². The topological polar surface area (TPSA) is 38.3 Å². The van der Waals surface area contributed by atoms with E-state index in [1.807, 2.05) is 0 Å². The van der Waals surface area contributed by atoms with E-state index in [9.17, 15) is 9.28 Å². The molecule has 0 fully saturated rings. The van der Waals surface area contributed by atoms with E-state index in [0.717, 1.165) is 0 Å². The lowest BCUT2D eigenvalue weighted by molar-refractivity contribution is -0.134. The van der Waals surface area contributed by atoms with Crippen molar-refractivity contribution in [3.63, 3.8) is 0 Å². The van der Waals surface area contributed by atoms with E-state index in [4.69, 9.17) is 4.74 Å². The minimum Gasteiger partial charge on any atom is -0.426 e. The van der Waals surface area contributed by atoms with Crippen molar-refractivity contribution >= 4 is 5.97 Å². The summed E-state index contributed by atoms with van der Waals surface area (Å²) in [5.41, 5.74) is 1.21. The van der Waals surface area contributed by atoms with Crippen LogP contribution in [0, 0.1) is 0 Å². The Bertz CT molecular complexity index is 250. The number of benzene rings is 1. The van der Waals surface area contributed by atoms with Gasteiger partial charge in [-0.1, -0.05) is 18.2 Å². The summed E-state index contributed by atoms with van der Waals surface area (Å²) < 4.78 is 16.1. The lowest BCUT2D eigenvalue weighted by atomic mass is 10.3. The van der Waals surface area contributed by atoms with Crippen LogP contribution in [0.2, 0.25) is 0 Å². The van der Waals surface area contributed by atoms with E-state index in [1.54, 1.807) is 30.3 Å². The van der Waals surface area contributed by atoms with Crippen molar-refractivity contribution in [3.8, 4) is 5.75 Å². The van der Waals surface area contributed by atoms with Gasteiger partial charge in [0.05, 0.1) is 0 Å². The van der Waals surface area contributed by atoms with Crippen molar-refractivity contribution in [2.75, 3.05) is 6.54 Å². The molecule has 0 aliphatic heterocycles. The summed E-state index contributed by atoms with van der Waals surface area (Å²) in [5.74, 6) is -0.235. The van der Waals surface area contributed by atoms with Crippen molar-refractivity contribution in [3.05, 3.63) is 30.3 Å². The van der Waals surface area contributed by atoms with Gasteiger partial charge >= 0.3 is 5.97 Å². The Morgan fingerprint density at radius 2 is 2.08 bits per heavy atom. The molecule has 0 amide bonds. The molecule has 1 aromatic carbocycles. The first kappa shape index (κ1) is 8.67. The predicted octanol–water partition coefficient (Wildman–Crippen LogP) is 1.07. The summed E-state index contributed by atoms with van der Waals surface area (Å²) in [6, 6.07) is 8.49. The molecule has 0 spiro atoms. The second-order valence-electron chi connectivity index (χ2n) is 2.10. The zero-order valence-corrected chi connectivity index (χ0v) is 6.29. The first-order chi connectivity index (χ1) is 5.83. The molecule has 0 aliphatic rings. The third-order valence-corrected chi connectivity index (χ3v) is 1.19. The van der Waals surface area contributed by atoms with Crippen LogP contribution >= 0.6 is 0 Å². The number of carbonyl (C=O) groups is 1. The minimum atomic E-state index is -0.649. The second-order valence-corrected chi connectivity index (χ2v) is 2.10. The molecule has 12 heavy (non-hydrogen) atoms. The molecule has 64 valence electrons. The smallest absolute Gasteiger partial charge is 0.328 e. The maximum absolute atomic E-state index is 11.4. The number of halogens is 1. The molecule has 0 unspecified atom stereocenters. The zero-order chi connectivity index (χ0) is 8.81. The van der Waals surface area contributed by atoms with Crippen LogP contribution in [0.4, 0.5) is 4.48 Å². The van der Waals surface area contributed by atoms with Crippen LogP contribution in [0.1, 0.15) is 0 Å². The second kappa shape index (κ2) is 4.46. The average Bonchev–Trinajstić information content (AvgIpc) is 2.06. The van der Waals surface area contributed by atoms with Crippen LogP contribution in [-0.2, 0) is 4.79 Å². The van der Waals surface area contributed by atoms with Crippen LogP contribution in [0.5, 0.6) is 5.75 Å². The van der Waals surface area contributed by atoms with E-state index < -0.39 is 12.5 Å². The Kier molecular flexibility index (Phi) is 3.22. The number of hydrogen-bond donors (Lipinski definition) is 1. The number of ether oxygens (including phenoxy) is 1. The number of hydrogen-bond acceptors (Lipinski definition) is 3. The lowest BCUT2D eigenvalue weighted by Crippen LogP contribution is -2.20. The third kappa shape index (κ3) is 2.67. The number of esters is 1. The van der Waals surface area contributed by atoms with E-state index in [1.165, 1.54) is 5.54 Å². The maximum Gasteiger partial charge on any atom is 0.328 e. The average molecular weight is 169 g/mol. The van der Waals surface area contributed by atoms with Gasteiger partial charge in [0.25, 0.3) is 0 Å². The van der Waals surface area contributed by atoms with Gasteiger partial charge in [-0.3, -0.25) is 4.79 Å². The fraction of sp³-hybridized carbons (Fsp3) is 0.125. The summed E-state index contributed by atoms with van der Waals surface area (Å²) in [7, 11) is 0. The molecule has 1 N–H and O–H groups in total. The van der Waals surface area contributed by atoms with E-state index in [2.05, 4.69) is 0 Å². The quantitative estimate of drug-likeness (QED) is 0.418. The SMILES string of the molecule is O=C(CNF)Oc1ccccc1. The van der Waals surface area contributed by atoms with Gasteiger partial charge < -0.3 is 4.74 Å². The van der Waals surface area contributed by atoms with Crippen LogP contribution in [0.3, 0.4) is 0 Å². The highest BCUT2D eigenvalue weighted by atomic mass is 19.2. The Balaban J connectivity index is 2.47. The highest BCUT2D eigenvalue weighted by Gasteiger charge is 2.01. The predicted molar refractivity (Wildman–Crippen MR) is 41.2 cm³/mol. The summed E-state index contributed by atoms with van der Waals surface area (Å²) >= 11 is 0. The third-order valence-electron chi connectivity index (χ3n) is 1.19. The number of carbonyl (C=O) groups excluding carboxylic acids is 1. The highest BCUT2D eigenvalue weighted by molar-refractivity contribution is 5.74. The molecule has 4 heteroatoms. The monoisotopic (exact) mass is 169 g/mol. The molecule has 0 atom stereocenters. The van der Waals surface area contributed by atoms with Gasteiger partial charge in [0.2, 0.25) is 0 Å². The summed E-state index contributed by atoms with van der Waals surface area (Å²) in [5, 5.41) is 0. The van der Waals surface area contributed by atoms with Crippen molar-refractivity contribution in [2.45, 2.75) is 0 Å². The van der Waals surface area contributed by atoms with Crippen molar-refractivity contribution in [1.29, 1.82) is 0 Å². The fourth-order valence-electron chi connectivity index (χ4n) is 0.711. The van der Waals surface area contributed by atoms with Gasteiger partial charge in [-0.15, -0.1) is 10.0 Å². The summed E-state index contributed by atoms with van der Waals surface area (Å²) in [6.07, 6.45) is 0. The van der Waals surface area contributed by atoms with Crippen molar-refractivity contribution < 1.29 is 14.0 Å². The Labute approximate surface area is 69.1 Å². The molecule has 3 nitrogen and oxygen atoms in total. The van der Waals surface area contributed by atoms with E-state index in [0.29, 0.717) is 5.75 Å². The van der Waals surface area contributed by atoms with E-state index in [-0.39, 0.29) is 0 Å². The van der Waals surface area contributed by atoms with Crippen molar-refractivity contribution in [1.82, 2.24) is 5.54 Å². The van der Waals surface area contributed by atoms with Gasteiger partial charge in [-0.25, -0.2) is 0 Å². The molecule has 0 aromatic heterocycles. The summed E-state index contributed by atoms with van der Waals surface area (Å²) in [4.78, 5) is 10.7. The molecule has 1 aromatic rings. The minimum absolute atomic E-state index is 0.415. The standard InChI is InChI=1S/C8H8FNO2/c9-10-6-8(11)12-7-4-2-1-3-5-7/h1-5,10H,6H2. The normalized spacial score (nSPS) is 9.42. The maximum atomic E-state index is 11.4. The Morgan fingerprint density at radius 1 is 1.42 bits per heavy atom. The molecular weight excluding hydrogens is 161 g/mol. The Morgan fingerprint density at radius 3 is 2.67 bits per heavy atom. The molecule has 0 aliphatic carbocycles. The molecular formula is C8H8FNO2. The fourth-order valence-corrected chi connectivity index (χ4v) is 0.711. The van der Waals surface area contributed by atoms with Crippen LogP contribution < -0.4 is 10.3 Å². The van der Waals surface area contributed by atoms with E-state index >= 15 is 0 Å². The number of para-hydroxylation sites is 1. The van der Waals surface area contributed by atoms with Crippen LogP contribution in [0.25, 0.3) is 0 Å². The molecule has 0 heterocycles. The largest absolute Gasteiger partial charge is 0.426 e. The van der Waals surface area contributed by atoms with Crippen molar-refractivity contribution in [2.24, 2.45) is 0 Å². The molecule has 0 radical (unpaired) electrons. The van der Waals surface area contributed by atoms with Gasteiger partial charge in [0, 0.05) is 0 Å². The van der Waals surface area contributed by atoms with Crippen LogP contribution in [0.15, 0.2) is 30.3 Å². The molecule has 0 bridgehead atoms. The first-order valence-electron chi connectivity index (χ1n) is 3.42. The van der Waals surface area contributed by atoms with Crippen LogP contribution in [-0.4, -0.2) is 12.5 Å².